The van der Waals surface area contributed by atoms with Crippen LogP contribution in [0.4, 0.5) is 0 Å². The fourth-order valence-electron chi connectivity index (χ4n) is 2.21. The number of aromatic nitrogens is 2. The van der Waals surface area contributed by atoms with Crippen LogP contribution in [0.25, 0.3) is 10.8 Å². The Morgan fingerprint density at radius 1 is 1.25 bits per heavy atom. The second kappa shape index (κ2) is 7.74. The fraction of sp³-hybridized carbons (Fsp3) is 0.235. The molecule has 0 atom stereocenters. The van der Waals surface area contributed by atoms with Crippen molar-refractivity contribution in [3.63, 3.8) is 0 Å². The highest BCUT2D eigenvalue weighted by atomic mass is 32.1. The number of hydrogen-bond donors (Lipinski definition) is 1. The number of methoxy groups -OCH3 is 1. The van der Waals surface area contributed by atoms with Crippen LogP contribution in [0.5, 0.6) is 5.75 Å². The van der Waals surface area contributed by atoms with Crippen LogP contribution < -0.4 is 10.1 Å². The van der Waals surface area contributed by atoms with Crippen molar-refractivity contribution in [2.24, 2.45) is 0 Å². The first kappa shape index (κ1) is 16.2. The summed E-state index contributed by atoms with van der Waals surface area (Å²) < 4.78 is 10.8. The summed E-state index contributed by atoms with van der Waals surface area (Å²) in [5, 5.41) is 12.8. The summed E-state index contributed by atoms with van der Waals surface area (Å²) in [6.45, 7) is 0.424. The maximum Gasteiger partial charge on any atom is 0.257 e. The first-order chi connectivity index (χ1) is 11.8. The maximum absolute atomic E-state index is 12.0. The van der Waals surface area contributed by atoms with E-state index in [9.17, 15) is 4.79 Å². The number of amides is 1. The largest absolute Gasteiger partial charge is 0.496 e. The molecular weight excluding hydrogens is 326 g/mol. The lowest BCUT2D eigenvalue weighted by Crippen LogP contribution is -2.23. The van der Waals surface area contributed by atoms with E-state index in [4.69, 9.17) is 9.15 Å². The molecule has 0 saturated heterocycles. The third-order valence-electron chi connectivity index (χ3n) is 3.43. The van der Waals surface area contributed by atoms with Crippen molar-refractivity contribution < 1.29 is 13.9 Å². The molecule has 2 aromatic heterocycles. The predicted molar refractivity (Wildman–Crippen MR) is 90.8 cm³/mol. The second-order valence-electron chi connectivity index (χ2n) is 5.07. The van der Waals surface area contributed by atoms with Gasteiger partial charge < -0.3 is 14.5 Å². The van der Waals surface area contributed by atoms with Gasteiger partial charge in [-0.3, -0.25) is 4.79 Å². The Kier molecular flexibility index (Phi) is 5.22. The van der Waals surface area contributed by atoms with Crippen molar-refractivity contribution in [1.82, 2.24) is 15.5 Å². The molecule has 0 unspecified atom stereocenters. The zero-order chi connectivity index (χ0) is 16.8. The summed E-state index contributed by atoms with van der Waals surface area (Å²) in [7, 11) is 1.61. The second-order valence-corrected chi connectivity index (χ2v) is 6.01. The van der Waals surface area contributed by atoms with Crippen molar-refractivity contribution in [1.29, 1.82) is 0 Å². The molecule has 0 bridgehead atoms. The number of para-hydroxylation sites is 1. The third-order valence-corrected chi connectivity index (χ3v) is 4.29. The molecule has 3 aromatic rings. The van der Waals surface area contributed by atoms with Crippen LogP contribution in [0, 0.1) is 0 Å². The van der Waals surface area contributed by atoms with Crippen LogP contribution in [0.15, 0.2) is 46.2 Å². The van der Waals surface area contributed by atoms with Gasteiger partial charge in [-0.2, -0.15) is 0 Å². The minimum Gasteiger partial charge on any atom is -0.496 e. The summed E-state index contributed by atoms with van der Waals surface area (Å²) in [6.07, 6.45) is 0.706. The molecule has 24 heavy (non-hydrogen) atoms. The highest BCUT2D eigenvalue weighted by Gasteiger charge is 2.11. The number of ether oxygens (including phenoxy) is 1. The van der Waals surface area contributed by atoms with E-state index in [-0.39, 0.29) is 5.91 Å². The van der Waals surface area contributed by atoms with Crippen LogP contribution in [0.3, 0.4) is 0 Å². The number of hydrogen-bond acceptors (Lipinski definition) is 6. The lowest BCUT2D eigenvalue weighted by atomic mass is 10.2. The van der Waals surface area contributed by atoms with Crippen molar-refractivity contribution >= 4 is 17.2 Å². The number of benzene rings is 1. The van der Waals surface area contributed by atoms with Crippen molar-refractivity contribution in [3.8, 4) is 16.5 Å². The molecule has 0 aliphatic carbocycles. The van der Waals surface area contributed by atoms with Gasteiger partial charge in [0.2, 0.25) is 11.8 Å². The van der Waals surface area contributed by atoms with E-state index in [0.717, 1.165) is 16.2 Å². The molecule has 124 valence electrons. The number of carbonyl (C=O) groups is 1. The Morgan fingerprint density at radius 3 is 2.92 bits per heavy atom. The molecule has 1 N–H and O–H groups in total. The summed E-state index contributed by atoms with van der Waals surface area (Å²) in [4.78, 5) is 12.9. The number of carbonyl (C=O) groups excluding carboxylic acids is 1. The summed E-state index contributed by atoms with van der Waals surface area (Å²) in [6, 6.07) is 11.4. The van der Waals surface area contributed by atoms with E-state index in [1.807, 2.05) is 41.8 Å². The van der Waals surface area contributed by atoms with Crippen LogP contribution in [-0.2, 0) is 17.8 Å². The van der Waals surface area contributed by atoms with Crippen LogP contribution in [0.2, 0.25) is 0 Å². The molecule has 0 fully saturated rings. The molecule has 1 aromatic carbocycles. The Bertz CT molecular complexity index is 799. The van der Waals surface area contributed by atoms with Crippen LogP contribution in [-0.4, -0.2) is 23.2 Å². The molecule has 6 nitrogen and oxygen atoms in total. The van der Waals surface area contributed by atoms with Crippen molar-refractivity contribution in [2.75, 3.05) is 7.11 Å². The normalized spacial score (nSPS) is 10.5. The summed E-state index contributed by atoms with van der Waals surface area (Å²) >= 11 is 1.54. The maximum atomic E-state index is 12.0. The minimum absolute atomic E-state index is 0.0724. The lowest BCUT2D eigenvalue weighted by molar-refractivity contribution is -0.121. The van der Waals surface area contributed by atoms with E-state index in [1.165, 1.54) is 11.3 Å². The van der Waals surface area contributed by atoms with E-state index in [0.29, 0.717) is 31.2 Å². The van der Waals surface area contributed by atoms with E-state index < -0.39 is 0 Å². The number of nitrogens with one attached hydrogen (secondary N) is 1. The SMILES string of the molecule is COc1ccccc1CNC(=O)CCc1nnc(-c2cccs2)o1. The number of rotatable bonds is 7. The van der Waals surface area contributed by atoms with Gasteiger partial charge in [0.15, 0.2) is 0 Å². The number of aryl methyl sites for hydroxylation is 1. The first-order valence-electron chi connectivity index (χ1n) is 7.51. The van der Waals surface area contributed by atoms with Gasteiger partial charge in [-0.05, 0) is 17.5 Å². The number of thiophene rings is 1. The fourth-order valence-corrected chi connectivity index (χ4v) is 2.85. The highest BCUT2D eigenvalue weighted by Crippen LogP contribution is 2.23. The first-order valence-corrected chi connectivity index (χ1v) is 8.39. The zero-order valence-corrected chi connectivity index (χ0v) is 14.0. The van der Waals surface area contributed by atoms with Crippen molar-refractivity contribution in [3.05, 3.63) is 53.2 Å². The standard InChI is InChI=1S/C17H17N3O3S/c1-22-13-6-3-2-5-12(13)11-18-15(21)8-9-16-19-20-17(23-16)14-7-4-10-24-14/h2-7,10H,8-9,11H2,1H3,(H,18,21). The Morgan fingerprint density at radius 2 is 2.12 bits per heavy atom. The third kappa shape index (κ3) is 3.99. The Hall–Kier alpha value is -2.67. The molecule has 0 spiro atoms. The molecule has 1 amide bonds. The van der Waals surface area contributed by atoms with Gasteiger partial charge in [0.25, 0.3) is 5.89 Å². The number of nitrogens with zero attached hydrogens (tertiary/aromatic N) is 2. The molecule has 3 rings (SSSR count). The quantitative estimate of drug-likeness (QED) is 0.713. The van der Waals surface area contributed by atoms with Gasteiger partial charge in [0.1, 0.15) is 5.75 Å². The predicted octanol–water partition coefficient (Wildman–Crippen LogP) is 3.06. The lowest BCUT2D eigenvalue weighted by Gasteiger charge is -2.09. The molecule has 0 radical (unpaired) electrons. The molecular formula is C17H17N3O3S. The zero-order valence-electron chi connectivity index (χ0n) is 13.2. The average molecular weight is 343 g/mol. The van der Waals surface area contributed by atoms with Crippen LogP contribution >= 0.6 is 11.3 Å². The minimum atomic E-state index is -0.0724. The molecule has 0 aliphatic heterocycles. The average Bonchev–Trinajstić information content (AvgIpc) is 3.29. The van der Waals surface area contributed by atoms with Gasteiger partial charge in [0.05, 0.1) is 12.0 Å². The van der Waals surface area contributed by atoms with Crippen molar-refractivity contribution in [2.45, 2.75) is 19.4 Å². The van der Waals surface area contributed by atoms with E-state index in [1.54, 1.807) is 7.11 Å². The van der Waals surface area contributed by atoms with Gasteiger partial charge >= 0.3 is 0 Å². The van der Waals surface area contributed by atoms with Gasteiger partial charge in [-0.1, -0.05) is 24.3 Å². The highest BCUT2D eigenvalue weighted by molar-refractivity contribution is 7.13. The molecule has 0 saturated carbocycles. The topological polar surface area (TPSA) is 77.2 Å². The van der Waals surface area contributed by atoms with Gasteiger partial charge in [0, 0.05) is 24.9 Å². The molecule has 7 heteroatoms. The smallest absolute Gasteiger partial charge is 0.257 e. The van der Waals surface area contributed by atoms with Gasteiger partial charge in [-0.25, -0.2) is 0 Å². The Labute approximate surface area is 143 Å². The summed E-state index contributed by atoms with van der Waals surface area (Å²) in [5.74, 6) is 1.65. The van der Waals surface area contributed by atoms with Crippen LogP contribution in [0.1, 0.15) is 17.9 Å². The van der Waals surface area contributed by atoms with E-state index >= 15 is 0 Å². The van der Waals surface area contributed by atoms with E-state index in [2.05, 4.69) is 15.5 Å². The molecule has 2 heterocycles. The van der Waals surface area contributed by atoms with Gasteiger partial charge in [-0.15, -0.1) is 21.5 Å². The Balaban J connectivity index is 1.49. The monoisotopic (exact) mass is 343 g/mol. The molecule has 0 aliphatic rings. The summed E-state index contributed by atoms with van der Waals surface area (Å²) in [5.41, 5.74) is 0.936.